The number of sulfonamides is 1. The Hall–Kier alpha value is -1.96. The van der Waals surface area contributed by atoms with Gasteiger partial charge in [-0.1, -0.05) is 36.2 Å². The average Bonchev–Trinajstić information content (AvgIpc) is 2.70. The highest BCUT2D eigenvalue weighted by atomic mass is 35.5. The summed E-state index contributed by atoms with van der Waals surface area (Å²) < 4.78 is 41.2. The van der Waals surface area contributed by atoms with Crippen molar-refractivity contribution in [3.8, 4) is 0 Å². The number of hydrogen-bond acceptors (Lipinski definition) is 3. The third kappa shape index (κ3) is 4.37. The minimum atomic E-state index is -3.77. The number of carbonyl (C=O) groups is 1. The summed E-state index contributed by atoms with van der Waals surface area (Å²) in [4.78, 5) is 14.1. The molecule has 0 saturated carbocycles. The average molecular weight is 425 g/mol. The van der Waals surface area contributed by atoms with Gasteiger partial charge in [0.2, 0.25) is 10.0 Å². The van der Waals surface area contributed by atoms with Gasteiger partial charge in [-0.05, 0) is 37.1 Å². The number of hydrogen-bond donors (Lipinski definition) is 0. The zero-order chi connectivity index (χ0) is 20.3. The molecule has 5 nitrogen and oxygen atoms in total. The molecule has 1 aliphatic rings. The van der Waals surface area contributed by atoms with Gasteiger partial charge in [-0.2, -0.15) is 4.31 Å². The van der Waals surface area contributed by atoms with Gasteiger partial charge in [0.1, 0.15) is 10.7 Å². The number of halogens is 2. The second kappa shape index (κ2) is 8.59. The van der Waals surface area contributed by atoms with Gasteiger partial charge < -0.3 is 4.90 Å². The van der Waals surface area contributed by atoms with Crippen molar-refractivity contribution in [2.45, 2.75) is 30.7 Å². The quantitative estimate of drug-likeness (QED) is 0.730. The molecule has 0 aromatic heterocycles. The maximum absolute atomic E-state index is 13.9. The number of benzene rings is 2. The molecule has 0 N–H and O–H groups in total. The summed E-state index contributed by atoms with van der Waals surface area (Å²) in [6.45, 7) is 0.969. The van der Waals surface area contributed by atoms with Gasteiger partial charge in [-0.3, -0.25) is 4.79 Å². The number of piperidine rings is 1. The minimum absolute atomic E-state index is 0.0683. The molecule has 0 bridgehead atoms. The van der Waals surface area contributed by atoms with Crippen molar-refractivity contribution >= 4 is 27.5 Å². The number of carbonyl (C=O) groups excluding carboxylic acids is 1. The Balaban J connectivity index is 1.86. The lowest BCUT2D eigenvalue weighted by molar-refractivity contribution is 0.0783. The zero-order valence-corrected chi connectivity index (χ0v) is 17.1. The molecule has 1 heterocycles. The summed E-state index contributed by atoms with van der Waals surface area (Å²) in [6.07, 6.45) is 2.61. The maximum atomic E-state index is 13.9. The second-order valence-corrected chi connectivity index (χ2v) is 9.18. The summed E-state index contributed by atoms with van der Waals surface area (Å²) in [5.74, 6) is -0.804. The van der Waals surface area contributed by atoms with Crippen molar-refractivity contribution in [1.82, 2.24) is 9.21 Å². The standard InChI is InChI=1S/C20H22ClFN2O3S/c1-23(14-16-7-3-4-8-18(16)22)20(25)15-9-10-17(21)19(13-15)28(26,27)24-11-5-2-6-12-24/h3-4,7-10,13H,2,5-6,11-12,14H2,1H3. The lowest BCUT2D eigenvalue weighted by Crippen LogP contribution is -2.36. The number of amides is 1. The second-order valence-electron chi connectivity index (χ2n) is 6.86. The van der Waals surface area contributed by atoms with Crippen LogP contribution in [0.1, 0.15) is 35.2 Å². The fraction of sp³-hybridized carbons (Fsp3) is 0.350. The Kier molecular flexibility index (Phi) is 6.37. The molecule has 0 unspecified atom stereocenters. The maximum Gasteiger partial charge on any atom is 0.253 e. The van der Waals surface area contributed by atoms with Gasteiger partial charge in [0, 0.05) is 37.8 Å². The van der Waals surface area contributed by atoms with Gasteiger partial charge in [-0.25, -0.2) is 12.8 Å². The van der Waals surface area contributed by atoms with Crippen molar-refractivity contribution in [1.29, 1.82) is 0 Å². The van der Waals surface area contributed by atoms with Crippen molar-refractivity contribution in [2.75, 3.05) is 20.1 Å². The van der Waals surface area contributed by atoms with E-state index < -0.39 is 21.7 Å². The first-order chi connectivity index (χ1) is 13.3. The molecule has 2 aromatic rings. The normalized spacial score (nSPS) is 15.4. The van der Waals surface area contributed by atoms with E-state index in [1.807, 2.05) is 0 Å². The lowest BCUT2D eigenvalue weighted by atomic mass is 10.1. The van der Waals surface area contributed by atoms with Crippen LogP contribution in [0.3, 0.4) is 0 Å². The molecule has 8 heteroatoms. The van der Waals surface area contributed by atoms with E-state index in [4.69, 9.17) is 11.6 Å². The summed E-state index contributed by atoms with van der Waals surface area (Å²) >= 11 is 6.15. The van der Waals surface area contributed by atoms with Crippen LogP contribution >= 0.6 is 11.6 Å². The monoisotopic (exact) mass is 424 g/mol. The van der Waals surface area contributed by atoms with E-state index in [2.05, 4.69) is 0 Å². The zero-order valence-electron chi connectivity index (χ0n) is 15.6. The highest BCUT2D eigenvalue weighted by Crippen LogP contribution is 2.28. The predicted octanol–water partition coefficient (Wildman–Crippen LogP) is 3.93. The van der Waals surface area contributed by atoms with E-state index in [1.54, 1.807) is 25.2 Å². The van der Waals surface area contributed by atoms with Crippen LogP contribution in [0.2, 0.25) is 5.02 Å². The topological polar surface area (TPSA) is 57.7 Å². The molecule has 0 spiro atoms. The highest BCUT2D eigenvalue weighted by molar-refractivity contribution is 7.89. The Morgan fingerprint density at radius 3 is 2.50 bits per heavy atom. The largest absolute Gasteiger partial charge is 0.337 e. The van der Waals surface area contributed by atoms with E-state index in [1.165, 1.54) is 33.5 Å². The molecule has 0 radical (unpaired) electrons. The van der Waals surface area contributed by atoms with Crippen LogP contribution < -0.4 is 0 Å². The molecular formula is C20H22ClFN2O3S. The van der Waals surface area contributed by atoms with Crippen molar-refractivity contribution < 1.29 is 17.6 Å². The molecule has 3 rings (SSSR count). The summed E-state index contributed by atoms with van der Waals surface area (Å²) in [5.41, 5.74) is 0.576. The molecule has 1 saturated heterocycles. The van der Waals surface area contributed by atoms with Crippen LogP contribution in [0.25, 0.3) is 0 Å². The molecule has 0 atom stereocenters. The Morgan fingerprint density at radius 2 is 1.82 bits per heavy atom. The summed E-state index contributed by atoms with van der Waals surface area (Å²) in [7, 11) is -2.23. The van der Waals surface area contributed by atoms with Crippen LogP contribution in [0.15, 0.2) is 47.4 Å². The Labute approximate surface area is 169 Å². The fourth-order valence-corrected chi connectivity index (χ4v) is 5.27. The number of nitrogens with zero attached hydrogens (tertiary/aromatic N) is 2. The van der Waals surface area contributed by atoms with Gasteiger partial charge in [0.15, 0.2) is 0 Å². The third-order valence-corrected chi connectivity index (χ3v) is 7.20. The third-order valence-electron chi connectivity index (χ3n) is 4.82. The van der Waals surface area contributed by atoms with Crippen LogP contribution in [0.5, 0.6) is 0 Å². The molecule has 1 aliphatic heterocycles. The van der Waals surface area contributed by atoms with E-state index >= 15 is 0 Å². The van der Waals surface area contributed by atoms with Crippen LogP contribution in [0, 0.1) is 5.82 Å². The van der Waals surface area contributed by atoms with Crippen molar-refractivity contribution in [3.63, 3.8) is 0 Å². The fourth-order valence-electron chi connectivity index (χ4n) is 3.25. The minimum Gasteiger partial charge on any atom is -0.337 e. The van der Waals surface area contributed by atoms with Crippen molar-refractivity contribution in [2.24, 2.45) is 0 Å². The Morgan fingerprint density at radius 1 is 1.14 bits per heavy atom. The SMILES string of the molecule is CN(Cc1ccccc1F)C(=O)c1ccc(Cl)c(S(=O)(=O)N2CCCCC2)c1. The molecule has 0 aliphatic carbocycles. The molecule has 2 aromatic carbocycles. The lowest BCUT2D eigenvalue weighted by Gasteiger charge is -2.26. The van der Waals surface area contributed by atoms with E-state index in [9.17, 15) is 17.6 Å². The van der Waals surface area contributed by atoms with Gasteiger partial charge in [-0.15, -0.1) is 0 Å². The first-order valence-corrected chi connectivity index (χ1v) is 10.9. The van der Waals surface area contributed by atoms with E-state index in [0.29, 0.717) is 18.7 Å². The molecular weight excluding hydrogens is 403 g/mol. The smallest absolute Gasteiger partial charge is 0.253 e. The van der Waals surface area contributed by atoms with E-state index in [-0.39, 0.29) is 22.0 Å². The predicted molar refractivity (Wildman–Crippen MR) is 106 cm³/mol. The summed E-state index contributed by atoms with van der Waals surface area (Å²) in [6, 6.07) is 10.4. The van der Waals surface area contributed by atoms with Crippen LogP contribution in [0.4, 0.5) is 4.39 Å². The molecule has 1 fully saturated rings. The molecule has 28 heavy (non-hydrogen) atoms. The van der Waals surface area contributed by atoms with Crippen LogP contribution in [-0.4, -0.2) is 43.7 Å². The van der Waals surface area contributed by atoms with Gasteiger partial charge in [0.05, 0.1) is 5.02 Å². The Bertz CT molecular complexity index is 975. The van der Waals surface area contributed by atoms with Gasteiger partial charge >= 0.3 is 0 Å². The molecule has 1 amide bonds. The first kappa shape index (κ1) is 20.8. The van der Waals surface area contributed by atoms with Gasteiger partial charge in [0.25, 0.3) is 5.91 Å². The van der Waals surface area contributed by atoms with Crippen LogP contribution in [-0.2, 0) is 16.6 Å². The summed E-state index contributed by atoms with van der Waals surface area (Å²) in [5, 5.41) is 0.0823. The van der Waals surface area contributed by atoms with Crippen molar-refractivity contribution in [3.05, 3.63) is 64.4 Å². The number of rotatable bonds is 5. The first-order valence-electron chi connectivity index (χ1n) is 9.09. The molecule has 150 valence electrons. The van der Waals surface area contributed by atoms with E-state index in [0.717, 1.165) is 19.3 Å². The highest BCUT2D eigenvalue weighted by Gasteiger charge is 2.29.